The van der Waals surface area contributed by atoms with Crippen molar-refractivity contribution in [3.05, 3.63) is 27.7 Å². The third-order valence-corrected chi connectivity index (χ3v) is 13.6. The second-order valence-corrected chi connectivity index (χ2v) is 20.6. The Morgan fingerprint density at radius 1 is 0.358 bits per heavy atom. The van der Waals surface area contributed by atoms with Crippen molar-refractivity contribution in [2.45, 2.75) is 349 Å². The van der Waals surface area contributed by atoms with Gasteiger partial charge in [-0.3, -0.25) is 0 Å². The molecule has 0 spiro atoms. The number of nitrogens with zero attached hydrogens (tertiary/aromatic N) is 1. The van der Waals surface area contributed by atoms with Gasteiger partial charge in [-0.15, -0.1) is 0 Å². The Balaban J connectivity index is -0.000000187. The van der Waals surface area contributed by atoms with Gasteiger partial charge in [-0.05, 0) is 39.3 Å². The Hall–Kier alpha value is 0.266. The summed E-state index contributed by atoms with van der Waals surface area (Å²) in [6.45, 7) is 31.4. The van der Waals surface area contributed by atoms with Crippen molar-refractivity contribution in [1.82, 2.24) is 4.90 Å². The molecule has 2 nitrogen and oxygen atoms in total. The van der Waals surface area contributed by atoms with Crippen LogP contribution in [0.15, 0.2) is 0 Å². The summed E-state index contributed by atoms with van der Waals surface area (Å²) in [6.07, 6.45) is 64.6. The molecule has 0 amide bonds. The van der Waals surface area contributed by atoms with E-state index in [0.29, 0.717) is 0 Å². The van der Waals surface area contributed by atoms with E-state index < -0.39 is 0 Å². The minimum Gasteiger partial charge on any atom is -0.343 e. The molecule has 0 radical (unpaired) electrons. The Labute approximate surface area is 465 Å². The van der Waals surface area contributed by atoms with E-state index >= 15 is 0 Å². The van der Waals surface area contributed by atoms with Gasteiger partial charge in [0.2, 0.25) is 0 Å². The van der Waals surface area contributed by atoms with Crippen molar-refractivity contribution < 1.29 is 56.2 Å². The fourth-order valence-electron chi connectivity index (χ4n) is 8.79. The molecular formula is C63H129CfKNO-3. The Bertz CT molecular complexity index is 755. The van der Waals surface area contributed by atoms with Crippen LogP contribution in [0.3, 0.4) is 0 Å². The van der Waals surface area contributed by atoms with Gasteiger partial charge in [-0.1, -0.05) is 298 Å². The van der Waals surface area contributed by atoms with Crippen LogP contribution in [0.5, 0.6) is 0 Å². The number of carbonyl (C=O) groups excluding carboxylic acids is 1. The number of rotatable bonds is 49. The number of unbranched alkanes of at least 4 members (excludes halogenated alkanes) is 33. The molecule has 0 N–H and O–H groups in total. The fourth-order valence-corrected chi connectivity index (χ4v) is 8.79. The van der Waals surface area contributed by atoms with Crippen LogP contribution in [-0.4, -0.2) is 30.8 Å². The predicted octanol–water partition coefficient (Wildman–Crippen LogP) is 19.5. The van der Waals surface area contributed by atoms with E-state index in [1.165, 1.54) is 283 Å². The molecule has 0 aliphatic heterocycles. The molecule has 0 aromatic heterocycles. The van der Waals surface area contributed by atoms with Crippen LogP contribution in [0.1, 0.15) is 343 Å². The van der Waals surface area contributed by atoms with E-state index in [0.717, 1.165) is 49.8 Å². The van der Waals surface area contributed by atoms with E-state index in [2.05, 4.69) is 81.2 Å². The van der Waals surface area contributed by atoms with Crippen molar-refractivity contribution in [1.29, 1.82) is 0 Å². The number of hydrogen-bond acceptors (Lipinski definition) is 2. The summed E-state index contributed by atoms with van der Waals surface area (Å²) in [4.78, 5) is 12.5. The first-order valence-corrected chi connectivity index (χ1v) is 30.2. The van der Waals surface area contributed by atoms with E-state index in [1.54, 1.807) is 0 Å². The molecule has 0 aromatic carbocycles. The number of hydrogen-bond donors (Lipinski definition) is 0. The average Bonchev–Trinajstić information content (AvgIpc) is 3.31. The van der Waals surface area contributed by atoms with Crippen LogP contribution >= 0.6 is 0 Å². The van der Waals surface area contributed by atoms with Gasteiger partial charge in [-0.25, -0.2) is 0 Å². The summed E-state index contributed by atoms with van der Waals surface area (Å²) in [6, 6.07) is 0.791. The van der Waals surface area contributed by atoms with Gasteiger partial charge >= 0.3 is 51.4 Å². The predicted molar refractivity (Wildman–Crippen MR) is 302 cm³/mol. The van der Waals surface area contributed by atoms with Gasteiger partial charge in [0.1, 0.15) is 6.29 Å². The largest absolute Gasteiger partial charge is 1.00 e. The molecule has 1 unspecified atom stereocenters. The molecule has 0 aliphatic carbocycles. The molecule has 0 aromatic rings. The molecule has 0 saturated heterocycles. The first kappa shape index (κ1) is 78.7. The first-order valence-electron chi connectivity index (χ1n) is 30.2. The van der Waals surface area contributed by atoms with Crippen LogP contribution < -0.4 is 51.4 Å². The molecule has 67 heavy (non-hydrogen) atoms. The molecule has 0 bridgehead atoms. The van der Waals surface area contributed by atoms with Gasteiger partial charge in [-0.2, -0.15) is 24.7 Å². The summed E-state index contributed by atoms with van der Waals surface area (Å²) in [5.74, 6) is 1.45. The zero-order chi connectivity index (χ0) is 49.0. The van der Waals surface area contributed by atoms with Crippen molar-refractivity contribution >= 4 is 6.29 Å². The van der Waals surface area contributed by atoms with E-state index in [1.807, 2.05) is 0 Å². The summed E-state index contributed by atoms with van der Waals surface area (Å²) >= 11 is 0. The molecule has 0 saturated carbocycles. The Kier molecular flexibility index (Phi) is 88.3. The standard InChI is InChI=1S/C20H41.C18H37.C16H33N.C9H18O.Cf.K/c1-4-6-8-10-12-13-15-17-19-20(3)18-16-14-11-9-7-5-2;1-4-6-8-10-12-14-16-18(3)17-15-13-11-9-7-5-2;1-5-8-11-13-16(14-12-9-6-2)17(4)15-10-7-3;1-2-3-4-5-6-7-8-9-10;;/h20H,3-19H2,1-2H3;18H,3-17H2,1-2H3;16H,1-2,5-15H2,3-4H3;9H,2-8H2,1H3;;/q2*-1;-2;;;+1. The van der Waals surface area contributed by atoms with Gasteiger partial charge < -0.3 is 37.4 Å². The van der Waals surface area contributed by atoms with Crippen LogP contribution in [-0.2, 0) is 4.79 Å². The summed E-state index contributed by atoms with van der Waals surface area (Å²) in [5, 5.41) is 0. The minimum atomic E-state index is 0. The Morgan fingerprint density at radius 2 is 0.597 bits per heavy atom. The maximum absolute atomic E-state index is 9.89. The van der Waals surface area contributed by atoms with Crippen molar-refractivity contribution in [2.24, 2.45) is 11.8 Å². The molecular weight excluding hydrogens is 1080 g/mol. The van der Waals surface area contributed by atoms with E-state index in [-0.39, 0.29) is 51.4 Å². The molecule has 0 fully saturated rings. The topological polar surface area (TPSA) is 20.3 Å². The monoisotopic (exact) mass is 1200 g/mol. The fraction of sp³-hybridized carbons (Fsp3) is 0.921. The second kappa shape index (κ2) is 75.2. The van der Waals surface area contributed by atoms with Crippen molar-refractivity contribution in [3.63, 3.8) is 0 Å². The van der Waals surface area contributed by atoms with E-state index in [9.17, 15) is 4.79 Å². The summed E-state index contributed by atoms with van der Waals surface area (Å²) in [5.41, 5.74) is 0. The molecule has 0 heterocycles. The van der Waals surface area contributed by atoms with Crippen molar-refractivity contribution in [2.75, 3.05) is 13.6 Å². The molecule has 406 valence electrons. The van der Waals surface area contributed by atoms with Crippen LogP contribution in [0.4, 0.5) is 0 Å². The molecule has 0 aliphatic rings. The second-order valence-electron chi connectivity index (χ2n) is 20.6. The van der Waals surface area contributed by atoms with Crippen LogP contribution in [0, 0.1) is 39.5 Å². The van der Waals surface area contributed by atoms with Gasteiger partial charge in [0, 0.05) is 12.5 Å². The third kappa shape index (κ3) is 77.9. The number of aldehydes is 1. The van der Waals surface area contributed by atoms with Crippen LogP contribution in [0.25, 0.3) is 0 Å². The third-order valence-electron chi connectivity index (χ3n) is 13.6. The normalized spacial score (nSPS) is 11.3. The molecule has 1 atom stereocenters. The average molecular weight is 1210 g/mol. The summed E-state index contributed by atoms with van der Waals surface area (Å²) in [7, 11) is 2.30. The first-order chi connectivity index (χ1) is 31.8. The maximum Gasteiger partial charge on any atom is 1.00 e. The molecule has 4 heteroatoms. The quantitative estimate of drug-likeness (QED) is 0.0262. The zero-order valence-electron chi connectivity index (χ0n) is 48.3. The van der Waals surface area contributed by atoms with Crippen molar-refractivity contribution in [3.8, 4) is 0 Å². The zero-order valence-corrected chi connectivity index (χ0v) is 54.0. The molecule has 0 rings (SSSR count). The SMILES string of the molecule is CCCCCCCCC=O.[CH2-]C(CCCCCCCC)CCCCCCCC.[CH2-]C(CCCCCCCC)CCCCCCCCCC.[CH2-]CCCCC(CCCC[CH2-])N(C)CCCC.[Cf].[K+]. The minimum absolute atomic E-state index is 0. The van der Waals surface area contributed by atoms with Crippen LogP contribution in [0.2, 0.25) is 0 Å². The van der Waals surface area contributed by atoms with Gasteiger partial charge in [0.05, 0.1) is 0 Å². The van der Waals surface area contributed by atoms with Gasteiger partial charge in [0.15, 0.2) is 0 Å². The van der Waals surface area contributed by atoms with E-state index in [4.69, 9.17) is 0 Å². The smallest absolute Gasteiger partial charge is 0.343 e. The summed E-state index contributed by atoms with van der Waals surface area (Å²) < 4.78 is 0. The maximum atomic E-state index is 9.89. The number of carbonyl (C=O) groups is 1. The van der Waals surface area contributed by atoms with Gasteiger partial charge in [0.25, 0.3) is 0 Å². The Morgan fingerprint density at radius 3 is 0.851 bits per heavy atom.